The highest BCUT2D eigenvalue weighted by atomic mass is 16.6. The Morgan fingerprint density at radius 2 is 1.57 bits per heavy atom. The van der Waals surface area contributed by atoms with Gasteiger partial charge in [-0.05, 0) is 83.5 Å². The van der Waals surface area contributed by atoms with Crippen LogP contribution in [0.4, 0.5) is 21.0 Å². The number of ether oxygens (including phenoxy) is 2. The van der Waals surface area contributed by atoms with Gasteiger partial charge in [0.1, 0.15) is 16.9 Å². The van der Waals surface area contributed by atoms with Crippen LogP contribution in [0.2, 0.25) is 0 Å². The molecule has 0 saturated carbocycles. The second-order valence-electron chi connectivity index (χ2n) is 12.2. The number of anilines is 2. The predicted molar refractivity (Wildman–Crippen MR) is 162 cm³/mol. The van der Waals surface area contributed by atoms with Crippen LogP contribution in [0.3, 0.4) is 0 Å². The van der Waals surface area contributed by atoms with E-state index in [0.717, 1.165) is 16.9 Å². The molecule has 3 heterocycles. The number of pyridine rings is 2. The van der Waals surface area contributed by atoms with Crippen LogP contribution in [0, 0.1) is 0 Å². The summed E-state index contributed by atoms with van der Waals surface area (Å²) in [6.45, 7) is 13.3. The zero-order valence-corrected chi connectivity index (χ0v) is 25.1. The van der Waals surface area contributed by atoms with Crippen LogP contribution in [0.15, 0.2) is 60.9 Å². The van der Waals surface area contributed by atoms with Crippen molar-refractivity contribution < 1.29 is 23.9 Å². The molecule has 2 amide bonds. The molecule has 1 aliphatic heterocycles. The average molecular weight is 574 g/mol. The van der Waals surface area contributed by atoms with Gasteiger partial charge in [-0.3, -0.25) is 20.1 Å². The van der Waals surface area contributed by atoms with Gasteiger partial charge in [-0.15, -0.1) is 0 Å². The van der Waals surface area contributed by atoms with Crippen molar-refractivity contribution in [3.05, 3.63) is 72.2 Å². The molecule has 4 rings (SSSR count). The Morgan fingerprint density at radius 3 is 2.17 bits per heavy atom. The highest BCUT2D eigenvalue weighted by molar-refractivity contribution is 5.98. The summed E-state index contributed by atoms with van der Waals surface area (Å²) in [7, 11) is 0. The topological polar surface area (TPSA) is 114 Å². The van der Waals surface area contributed by atoms with Crippen LogP contribution in [0.1, 0.15) is 57.6 Å². The highest BCUT2D eigenvalue weighted by Crippen LogP contribution is 2.26. The standard InChI is InChI=1S/C32H39N5O5/c1-31(2,3)41-29(39)35-26-12-10-22(25-9-7-8-14-33-25)19-23(26)20-28(38)27-13-11-24(21-34-27)36-15-17-37(18-16-36)30(40)42-32(4,5)6/h7-14,19,21H,15-18,20H2,1-6H3,(H,35,39). The summed E-state index contributed by atoms with van der Waals surface area (Å²) in [6.07, 6.45) is 2.49. The number of ketones is 1. The van der Waals surface area contributed by atoms with E-state index in [-0.39, 0.29) is 18.3 Å². The van der Waals surface area contributed by atoms with E-state index in [9.17, 15) is 14.4 Å². The number of hydrogen-bond donors (Lipinski definition) is 1. The van der Waals surface area contributed by atoms with E-state index in [2.05, 4.69) is 20.2 Å². The van der Waals surface area contributed by atoms with Crippen LogP contribution in [0.5, 0.6) is 0 Å². The summed E-state index contributed by atoms with van der Waals surface area (Å²) < 4.78 is 10.9. The van der Waals surface area contributed by atoms with Gasteiger partial charge in [0.05, 0.1) is 17.6 Å². The van der Waals surface area contributed by atoms with E-state index < -0.39 is 17.3 Å². The van der Waals surface area contributed by atoms with Gasteiger partial charge in [-0.25, -0.2) is 9.59 Å². The van der Waals surface area contributed by atoms with E-state index in [4.69, 9.17) is 9.47 Å². The van der Waals surface area contributed by atoms with Crippen molar-refractivity contribution in [2.24, 2.45) is 0 Å². The van der Waals surface area contributed by atoms with Crippen LogP contribution >= 0.6 is 0 Å². The molecule has 10 heteroatoms. The molecule has 0 unspecified atom stereocenters. The smallest absolute Gasteiger partial charge is 0.412 e. The lowest BCUT2D eigenvalue weighted by Crippen LogP contribution is -2.50. The van der Waals surface area contributed by atoms with Crippen molar-refractivity contribution >= 4 is 29.3 Å². The number of rotatable bonds is 6. The maximum Gasteiger partial charge on any atom is 0.412 e. The third-order valence-electron chi connectivity index (χ3n) is 6.38. The van der Waals surface area contributed by atoms with Gasteiger partial charge in [0.15, 0.2) is 5.78 Å². The van der Waals surface area contributed by atoms with Gasteiger partial charge >= 0.3 is 12.2 Å². The third kappa shape index (κ3) is 8.52. The SMILES string of the molecule is CC(C)(C)OC(=O)Nc1ccc(-c2ccccn2)cc1CC(=O)c1ccc(N2CCN(C(=O)OC(C)(C)C)CC2)cn1. The molecule has 2 aromatic heterocycles. The van der Waals surface area contributed by atoms with Crippen LogP contribution in [-0.2, 0) is 15.9 Å². The lowest BCUT2D eigenvalue weighted by Gasteiger charge is -2.36. The molecular formula is C32H39N5O5. The number of carbonyl (C=O) groups is 3. The molecule has 1 aliphatic rings. The van der Waals surface area contributed by atoms with E-state index in [1.165, 1.54) is 0 Å². The Hall–Kier alpha value is -4.47. The van der Waals surface area contributed by atoms with Gasteiger partial charge < -0.3 is 19.3 Å². The molecule has 1 N–H and O–H groups in total. The Bertz CT molecular complexity index is 1400. The molecule has 10 nitrogen and oxygen atoms in total. The molecule has 1 saturated heterocycles. The number of nitrogens with one attached hydrogen (secondary N) is 1. The Balaban J connectivity index is 1.46. The van der Waals surface area contributed by atoms with E-state index in [0.29, 0.717) is 43.1 Å². The lowest BCUT2D eigenvalue weighted by molar-refractivity contribution is 0.0240. The Kier molecular flexibility index (Phi) is 9.14. The first-order valence-corrected chi connectivity index (χ1v) is 14.0. The summed E-state index contributed by atoms with van der Waals surface area (Å²) >= 11 is 0. The van der Waals surface area contributed by atoms with Crippen molar-refractivity contribution in [3.8, 4) is 11.3 Å². The average Bonchev–Trinajstić information content (AvgIpc) is 2.92. The number of piperazine rings is 1. The molecular weight excluding hydrogens is 534 g/mol. The lowest BCUT2D eigenvalue weighted by atomic mass is 10.00. The number of nitrogens with zero attached hydrogens (tertiary/aromatic N) is 4. The molecule has 0 radical (unpaired) electrons. The molecule has 0 spiro atoms. The number of aromatic nitrogens is 2. The molecule has 0 bridgehead atoms. The maximum absolute atomic E-state index is 13.4. The molecule has 0 atom stereocenters. The number of amides is 2. The number of Topliss-reactive ketones (excluding diaryl/α,β-unsaturated/α-hetero) is 1. The van der Waals surface area contributed by atoms with E-state index in [1.807, 2.05) is 57.2 Å². The monoisotopic (exact) mass is 573 g/mol. The Labute approximate surface area is 247 Å². The number of carbonyl (C=O) groups excluding carboxylic acids is 3. The summed E-state index contributed by atoms with van der Waals surface area (Å²) in [6, 6.07) is 14.6. The second kappa shape index (κ2) is 12.6. The second-order valence-corrected chi connectivity index (χ2v) is 12.2. The van der Waals surface area contributed by atoms with Gasteiger partial charge in [-0.2, -0.15) is 0 Å². The normalized spacial score (nSPS) is 13.9. The highest BCUT2D eigenvalue weighted by Gasteiger charge is 2.26. The van der Waals surface area contributed by atoms with Crippen LogP contribution in [0.25, 0.3) is 11.3 Å². The fourth-order valence-electron chi connectivity index (χ4n) is 4.44. The van der Waals surface area contributed by atoms with Crippen molar-refractivity contribution in [2.75, 3.05) is 36.4 Å². The Morgan fingerprint density at radius 1 is 0.857 bits per heavy atom. The minimum Gasteiger partial charge on any atom is -0.444 e. The molecule has 3 aromatic rings. The summed E-state index contributed by atoms with van der Waals surface area (Å²) in [5.74, 6) is -0.193. The van der Waals surface area contributed by atoms with Crippen LogP contribution in [-0.4, -0.2) is 70.2 Å². The first-order valence-electron chi connectivity index (χ1n) is 14.0. The van der Waals surface area contributed by atoms with Gasteiger partial charge in [0, 0.05) is 50.0 Å². The fourth-order valence-corrected chi connectivity index (χ4v) is 4.44. The molecule has 222 valence electrons. The largest absolute Gasteiger partial charge is 0.444 e. The van der Waals surface area contributed by atoms with E-state index in [1.54, 1.807) is 50.2 Å². The van der Waals surface area contributed by atoms with Crippen LogP contribution < -0.4 is 10.2 Å². The first-order chi connectivity index (χ1) is 19.8. The van der Waals surface area contributed by atoms with Gasteiger partial charge in [0.25, 0.3) is 0 Å². The minimum absolute atomic E-state index is 0.0205. The van der Waals surface area contributed by atoms with Crippen molar-refractivity contribution in [2.45, 2.75) is 59.2 Å². The fraction of sp³-hybridized carbons (Fsp3) is 0.406. The summed E-state index contributed by atoms with van der Waals surface area (Å²) in [4.78, 5) is 50.9. The third-order valence-corrected chi connectivity index (χ3v) is 6.38. The molecule has 42 heavy (non-hydrogen) atoms. The van der Waals surface area contributed by atoms with Crippen molar-refractivity contribution in [1.82, 2.24) is 14.9 Å². The number of benzene rings is 1. The first kappa shape index (κ1) is 30.5. The summed E-state index contributed by atoms with van der Waals surface area (Å²) in [5, 5.41) is 2.78. The molecule has 1 aromatic carbocycles. The predicted octanol–water partition coefficient (Wildman–Crippen LogP) is 5.97. The number of hydrogen-bond acceptors (Lipinski definition) is 8. The van der Waals surface area contributed by atoms with Crippen molar-refractivity contribution in [3.63, 3.8) is 0 Å². The van der Waals surface area contributed by atoms with Crippen molar-refractivity contribution in [1.29, 1.82) is 0 Å². The zero-order chi connectivity index (χ0) is 30.5. The van der Waals surface area contributed by atoms with Gasteiger partial charge in [0.2, 0.25) is 0 Å². The quantitative estimate of drug-likeness (QED) is 0.359. The maximum atomic E-state index is 13.4. The minimum atomic E-state index is -0.665. The van der Waals surface area contributed by atoms with E-state index >= 15 is 0 Å². The van der Waals surface area contributed by atoms with Gasteiger partial charge in [-0.1, -0.05) is 12.1 Å². The molecule has 1 fully saturated rings. The summed E-state index contributed by atoms with van der Waals surface area (Å²) in [5.41, 5.74) is 2.67. The zero-order valence-electron chi connectivity index (χ0n) is 25.1. The molecule has 0 aliphatic carbocycles.